The van der Waals surface area contributed by atoms with Crippen molar-refractivity contribution in [2.75, 3.05) is 29.4 Å². The molecular formula is C88H62B2N6. The van der Waals surface area contributed by atoms with Crippen LogP contribution in [-0.2, 0) is 0 Å². The highest BCUT2D eigenvalue weighted by molar-refractivity contribution is 7.03. The number of rotatable bonds is 10. The Labute approximate surface area is 560 Å². The van der Waals surface area contributed by atoms with Gasteiger partial charge in [0.25, 0.3) is 13.4 Å². The molecule has 0 saturated carbocycles. The van der Waals surface area contributed by atoms with Crippen LogP contribution >= 0.6 is 0 Å². The first kappa shape index (κ1) is 55.4. The number of fused-ring (bicyclic) bond motifs is 12. The molecule has 0 N–H and O–H groups in total. The van der Waals surface area contributed by atoms with E-state index in [0.29, 0.717) is 0 Å². The number of anilines is 18. The molecule has 4 aliphatic heterocycles. The summed E-state index contributed by atoms with van der Waals surface area (Å²) in [6, 6.07) is 127. The van der Waals surface area contributed by atoms with Crippen LogP contribution < -0.4 is 62.2 Å². The molecule has 15 aromatic rings. The molecule has 0 aliphatic carbocycles. The molecule has 4 heterocycles. The van der Waals surface area contributed by atoms with Crippen molar-refractivity contribution in [2.24, 2.45) is 0 Å². The minimum atomic E-state index is -0.163. The van der Waals surface area contributed by atoms with Crippen LogP contribution in [0.15, 0.2) is 340 Å². The standard InChI is InChI=1S/C88H62B2N6/c1-59-41-45-69(46-42-59)93-79-39-23-21-37-75(79)89-77-57-78-82(58-81(77)95(67-33-17-7-18-34-67)87-73-51-49-71(53-61(73)55-83(93)85(87)89)91(63-25-9-3-10-26-63)64-27-11-4-12-28-64)96(68-35-19-8-20-36-68)88-74-52-50-72(92(65-29-13-5-14-30-65)66-31-15-6-16-32-66)54-62(74)56-84-86(88)90(78)76-38-22-24-40-80(76)94(84)70-47-43-60(2)44-48-70/h3-58H,1-2H3. The van der Waals surface area contributed by atoms with E-state index in [9.17, 15) is 0 Å². The van der Waals surface area contributed by atoms with E-state index in [1.54, 1.807) is 0 Å². The molecule has 96 heavy (non-hydrogen) atoms. The Morgan fingerprint density at radius 3 is 0.917 bits per heavy atom. The minimum absolute atomic E-state index is 0.163. The molecular weight excluding hydrogens is 1160 g/mol. The highest BCUT2D eigenvalue weighted by atomic mass is 15.2. The summed E-state index contributed by atoms with van der Waals surface area (Å²) in [6.45, 7) is 4.03. The van der Waals surface area contributed by atoms with E-state index in [-0.39, 0.29) is 13.4 Å². The molecule has 8 heteroatoms. The largest absolute Gasteiger partial charge is 0.311 e. The van der Waals surface area contributed by atoms with Gasteiger partial charge in [-0.1, -0.05) is 199 Å². The van der Waals surface area contributed by atoms with Gasteiger partial charge in [-0.2, -0.15) is 0 Å². The van der Waals surface area contributed by atoms with Gasteiger partial charge in [0.1, 0.15) is 0 Å². The SMILES string of the molecule is Cc1ccc(N2c3ccccc3B3c4cc5c(cc4N(c4ccccc4)c4c3c2cc2cc(N(c3ccccc3)c3ccccc3)ccc42)N(c2ccccc2)c2c3c(cc4cc(N(c6ccccc6)c6ccccc6)ccc24)N(c2ccc(C)cc2)c2ccccc2B53)cc1. The lowest BCUT2D eigenvalue weighted by Gasteiger charge is -2.47. The first-order valence-corrected chi connectivity index (χ1v) is 33.3. The predicted octanol–water partition coefficient (Wildman–Crippen LogP) is 19.7. The molecule has 0 atom stereocenters. The number of aryl methyl sites for hydroxylation is 2. The van der Waals surface area contributed by atoms with E-state index in [1.165, 1.54) is 77.4 Å². The third kappa shape index (κ3) is 8.68. The molecule has 0 fully saturated rings. The Kier molecular flexibility index (Phi) is 12.8. The van der Waals surface area contributed by atoms with Gasteiger partial charge in [0.2, 0.25) is 0 Å². The highest BCUT2D eigenvalue weighted by Crippen LogP contribution is 2.53. The summed E-state index contributed by atoms with van der Waals surface area (Å²) in [4.78, 5) is 15.1. The van der Waals surface area contributed by atoms with Crippen molar-refractivity contribution in [3.8, 4) is 0 Å². The molecule has 15 aromatic carbocycles. The van der Waals surface area contributed by atoms with E-state index in [0.717, 1.165) is 90.4 Å². The zero-order chi connectivity index (χ0) is 63.5. The highest BCUT2D eigenvalue weighted by Gasteiger charge is 2.49. The minimum Gasteiger partial charge on any atom is -0.311 e. The topological polar surface area (TPSA) is 19.4 Å². The van der Waals surface area contributed by atoms with Gasteiger partial charge in [0, 0.05) is 102 Å². The summed E-state index contributed by atoms with van der Waals surface area (Å²) >= 11 is 0. The third-order valence-electron chi connectivity index (χ3n) is 20.2. The van der Waals surface area contributed by atoms with Crippen molar-refractivity contribution in [1.29, 1.82) is 0 Å². The van der Waals surface area contributed by atoms with Gasteiger partial charge < -0.3 is 29.4 Å². The smallest absolute Gasteiger partial charge is 0.252 e. The van der Waals surface area contributed by atoms with E-state index in [1.807, 2.05) is 0 Å². The van der Waals surface area contributed by atoms with Crippen LogP contribution in [0, 0.1) is 13.8 Å². The number of nitrogens with zero attached hydrogens (tertiary/aromatic N) is 6. The molecule has 0 unspecified atom stereocenters. The second kappa shape index (κ2) is 22.2. The first-order valence-electron chi connectivity index (χ1n) is 33.3. The number of hydrogen-bond acceptors (Lipinski definition) is 6. The van der Waals surface area contributed by atoms with E-state index < -0.39 is 0 Å². The van der Waals surface area contributed by atoms with Crippen molar-refractivity contribution < 1.29 is 0 Å². The zero-order valence-electron chi connectivity index (χ0n) is 53.2. The molecule has 0 bridgehead atoms. The monoisotopic (exact) mass is 1220 g/mol. The second-order valence-electron chi connectivity index (χ2n) is 25.8. The molecule has 0 aromatic heterocycles. The summed E-state index contributed by atoms with van der Waals surface area (Å²) < 4.78 is 0. The summed E-state index contributed by atoms with van der Waals surface area (Å²) in [7, 11) is 0. The fourth-order valence-corrected chi connectivity index (χ4v) is 16.1. The molecule has 450 valence electrons. The molecule has 6 nitrogen and oxygen atoms in total. The molecule has 0 spiro atoms. The average Bonchev–Trinajstić information content (AvgIpc) is 0.681. The maximum atomic E-state index is 2.65. The van der Waals surface area contributed by atoms with Gasteiger partial charge in [-0.25, -0.2) is 0 Å². The fourth-order valence-electron chi connectivity index (χ4n) is 16.1. The Hall–Kier alpha value is -12.3. The van der Waals surface area contributed by atoms with E-state index in [4.69, 9.17) is 0 Å². The lowest BCUT2D eigenvalue weighted by atomic mass is 9.30. The Morgan fingerprint density at radius 2 is 0.552 bits per heavy atom. The Balaban J connectivity index is 0.923. The van der Waals surface area contributed by atoms with Gasteiger partial charge in [-0.15, -0.1) is 0 Å². The Morgan fingerprint density at radius 1 is 0.229 bits per heavy atom. The predicted molar refractivity (Wildman–Crippen MR) is 408 cm³/mol. The van der Waals surface area contributed by atoms with Crippen LogP contribution in [0.3, 0.4) is 0 Å². The quantitative estimate of drug-likeness (QED) is 0.126. The number of benzene rings is 15. The van der Waals surface area contributed by atoms with Crippen LogP contribution in [-0.4, -0.2) is 13.4 Å². The summed E-state index contributed by atoms with van der Waals surface area (Å²) in [5.41, 5.74) is 30.3. The lowest BCUT2D eigenvalue weighted by Crippen LogP contribution is -2.65. The molecule has 19 rings (SSSR count). The van der Waals surface area contributed by atoms with Crippen molar-refractivity contribution in [2.45, 2.75) is 13.8 Å². The van der Waals surface area contributed by atoms with Crippen LogP contribution in [0.2, 0.25) is 0 Å². The van der Waals surface area contributed by atoms with Crippen LogP contribution in [0.4, 0.5) is 102 Å². The number of hydrogen-bond donors (Lipinski definition) is 0. The van der Waals surface area contributed by atoms with Gasteiger partial charge in [0.05, 0.1) is 11.4 Å². The van der Waals surface area contributed by atoms with Crippen molar-refractivity contribution in [1.82, 2.24) is 0 Å². The first-order chi connectivity index (χ1) is 47.5. The molecule has 4 aliphatic rings. The summed E-state index contributed by atoms with van der Waals surface area (Å²) in [5.74, 6) is 0. The zero-order valence-corrected chi connectivity index (χ0v) is 53.2. The van der Waals surface area contributed by atoms with Gasteiger partial charge in [-0.05, 0) is 209 Å². The van der Waals surface area contributed by atoms with E-state index in [2.05, 4.69) is 383 Å². The van der Waals surface area contributed by atoms with Crippen LogP contribution in [0.5, 0.6) is 0 Å². The maximum Gasteiger partial charge on any atom is 0.252 e. The van der Waals surface area contributed by atoms with Crippen LogP contribution in [0.25, 0.3) is 21.5 Å². The van der Waals surface area contributed by atoms with Crippen molar-refractivity contribution in [3.63, 3.8) is 0 Å². The normalized spacial score (nSPS) is 13.0. The van der Waals surface area contributed by atoms with Crippen molar-refractivity contribution in [3.05, 3.63) is 351 Å². The average molecular weight is 1230 g/mol. The number of para-hydroxylation sites is 8. The summed E-state index contributed by atoms with van der Waals surface area (Å²) in [5, 5.41) is 4.63. The third-order valence-corrected chi connectivity index (χ3v) is 20.2. The summed E-state index contributed by atoms with van der Waals surface area (Å²) in [6.07, 6.45) is 0. The van der Waals surface area contributed by atoms with Gasteiger partial charge in [0.15, 0.2) is 0 Å². The van der Waals surface area contributed by atoms with E-state index >= 15 is 0 Å². The second-order valence-corrected chi connectivity index (χ2v) is 25.8. The molecule has 0 radical (unpaired) electrons. The van der Waals surface area contributed by atoms with Gasteiger partial charge in [-0.3, -0.25) is 0 Å². The Bertz CT molecular complexity index is 5110. The maximum absolute atomic E-state index is 2.65. The fraction of sp³-hybridized carbons (Fsp3) is 0.0227. The van der Waals surface area contributed by atoms with Crippen molar-refractivity contribution >= 4 is 170 Å². The molecule has 0 saturated heterocycles. The molecule has 0 amide bonds. The lowest BCUT2D eigenvalue weighted by molar-refractivity contribution is 1.24. The van der Waals surface area contributed by atoms with Gasteiger partial charge >= 0.3 is 0 Å². The van der Waals surface area contributed by atoms with Crippen LogP contribution in [0.1, 0.15) is 11.1 Å².